The van der Waals surface area contributed by atoms with E-state index in [1.165, 1.54) is 4.31 Å². The molecule has 0 bridgehead atoms. The van der Waals surface area contributed by atoms with Gasteiger partial charge in [-0.15, -0.1) is 0 Å². The van der Waals surface area contributed by atoms with Crippen LogP contribution < -0.4 is 10.5 Å². The van der Waals surface area contributed by atoms with Crippen LogP contribution in [0.2, 0.25) is 0 Å². The molecule has 0 amide bonds. The average Bonchev–Trinajstić information content (AvgIpc) is 2.51. The molecule has 21 heavy (non-hydrogen) atoms. The number of benzene rings is 1. The Morgan fingerprint density at radius 2 is 2.00 bits per heavy atom. The Kier molecular flexibility index (Phi) is 6.64. The molecule has 2 N–H and O–H groups in total. The van der Waals surface area contributed by atoms with Crippen molar-refractivity contribution in [2.75, 3.05) is 20.2 Å². The van der Waals surface area contributed by atoms with E-state index in [4.69, 9.17) is 10.5 Å². The minimum atomic E-state index is -3.49. The van der Waals surface area contributed by atoms with E-state index in [-0.39, 0.29) is 11.4 Å². The summed E-state index contributed by atoms with van der Waals surface area (Å²) < 4.78 is 32.2. The zero-order chi connectivity index (χ0) is 16.0. The van der Waals surface area contributed by atoms with E-state index in [2.05, 4.69) is 13.8 Å². The summed E-state index contributed by atoms with van der Waals surface area (Å²) in [4.78, 5) is 0.272. The molecule has 1 aromatic carbocycles. The van der Waals surface area contributed by atoms with Crippen molar-refractivity contribution in [1.82, 2.24) is 4.31 Å². The summed E-state index contributed by atoms with van der Waals surface area (Å²) in [5.74, 6) is 0.938. The van der Waals surface area contributed by atoms with Gasteiger partial charge in [-0.3, -0.25) is 0 Å². The van der Waals surface area contributed by atoms with Crippen LogP contribution in [0.25, 0.3) is 0 Å². The quantitative estimate of drug-likeness (QED) is 0.798. The van der Waals surface area contributed by atoms with Gasteiger partial charge in [-0.2, -0.15) is 4.31 Å². The van der Waals surface area contributed by atoms with E-state index in [0.29, 0.717) is 30.3 Å². The lowest BCUT2D eigenvalue weighted by molar-refractivity contribution is 0.361. The summed E-state index contributed by atoms with van der Waals surface area (Å²) in [5, 5.41) is 0. The van der Waals surface area contributed by atoms with Crippen LogP contribution in [0.15, 0.2) is 23.1 Å². The van der Waals surface area contributed by atoms with Crippen molar-refractivity contribution in [3.05, 3.63) is 23.8 Å². The SMILES string of the molecule is CCC(C)CN(CC)S(=O)(=O)c1ccc(OC)c(CN)c1. The van der Waals surface area contributed by atoms with Gasteiger partial charge in [-0.1, -0.05) is 27.2 Å². The Labute approximate surface area is 128 Å². The minimum absolute atomic E-state index is 0.240. The van der Waals surface area contributed by atoms with E-state index >= 15 is 0 Å². The fourth-order valence-electron chi connectivity index (χ4n) is 2.10. The molecule has 5 nitrogen and oxygen atoms in total. The summed E-state index contributed by atoms with van der Waals surface area (Å²) in [6, 6.07) is 4.84. The van der Waals surface area contributed by atoms with Crippen LogP contribution in [0.3, 0.4) is 0 Å². The highest BCUT2D eigenvalue weighted by atomic mass is 32.2. The summed E-state index contributed by atoms with van der Waals surface area (Å²) in [7, 11) is -1.95. The van der Waals surface area contributed by atoms with Gasteiger partial charge in [0.15, 0.2) is 0 Å². The number of ether oxygens (including phenoxy) is 1. The number of rotatable bonds is 8. The van der Waals surface area contributed by atoms with Crippen LogP contribution >= 0.6 is 0 Å². The molecular formula is C15H26N2O3S. The van der Waals surface area contributed by atoms with Crippen LogP contribution in [-0.4, -0.2) is 32.9 Å². The standard InChI is InChI=1S/C15H26N2O3S/c1-5-12(3)11-17(6-2)21(18,19)14-7-8-15(20-4)13(9-14)10-16/h7-9,12H,5-6,10-11,16H2,1-4H3. The van der Waals surface area contributed by atoms with Gasteiger partial charge < -0.3 is 10.5 Å². The second kappa shape index (κ2) is 7.77. The molecule has 0 heterocycles. The first-order valence-corrected chi connectivity index (χ1v) is 8.71. The van der Waals surface area contributed by atoms with Gasteiger partial charge in [0.1, 0.15) is 5.75 Å². The molecule has 1 unspecified atom stereocenters. The van der Waals surface area contributed by atoms with Gasteiger partial charge >= 0.3 is 0 Å². The van der Waals surface area contributed by atoms with Gasteiger partial charge in [0.25, 0.3) is 0 Å². The number of methoxy groups -OCH3 is 1. The number of hydrogen-bond acceptors (Lipinski definition) is 4. The largest absolute Gasteiger partial charge is 0.496 e. The van der Waals surface area contributed by atoms with Crippen LogP contribution in [0.1, 0.15) is 32.8 Å². The maximum Gasteiger partial charge on any atom is 0.243 e. The molecule has 0 saturated heterocycles. The first-order valence-electron chi connectivity index (χ1n) is 7.27. The minimum Gasteiger partial charge on any atom is -0.496 e. The number of sulfonamides is 1. The molecule has 0 radical (unpaired) electrons. The number of hydrogen-bond donors (Lipinski definition) is 1. The highest BCUT2D eigenvalue weighted by Crippen LogP contribution is 2.24. The lowest BCUT2D eigenvalue weighted by Crippen LogP contribution is -2.34. The highest BCUT2D eigenvalue weighted by molar-refractivity contribution is 7.89. The number of nitrogens with zero attached hydrogens (tertiary/aromatic N) is 1. The molecule has 1 rings (SSSR count). The Morgan fingerprint density at radius 3 is 2.48 bits per heavy atom. The third kappa shape index (κ3) is 4.18. The van der Waals surface area contributed by atoms with Crippen LogP contribution in [-0.2, 0) is 16.6 Å². The summed E-state index contributed by atoms with van der Waals surface area (Å²) >= 11 is 0. The van der Waals surface area contributed by atoms with Gasteiger partial charge in [0.05, 0.1) is 12.0 Å². The molecule has 6 heteroatoms. The molecule has 0 aliphatic heterocycles. The Morgan fingerprint density at radius 1 is 1.33 bits per heavy atom. The maximum absolute atomic E-state index is 12.7. The van der Waals surface area contributed by atoms with Gasteiger partial charge in [0.2, 0.25) is 10.0 Å². The zero-order valence-corrected chi connectivity index (χ0v) is 14.1. The predicted octanol–water partition coefficient (Wildman–Crippen LogP) is 2.21. The van der Waals surface area contributed by atoms with E-state index < -0.39 is 10.0 Å². The average molecular weight is 314 g/mol. The van der Waals surface area contributed by atoms with Crippen molar-refractivity contribution in [2.24, 2.45) is 11.7 Å². The van der Waals surface area contributed by atoms with Gasteiger partial charge in [-0.05, 0) is 24.1 Å². The van der Waals surface area contributed by atoms with E-state index in [1.54, 1.807) is 25.3 Å². The lowest BCUT2D eigenvalue weighted by atomic mass is 10.1. The molecule has 0 fully saturated rings. The predicted molar refractivity (Wildman–Crippen MR) is 84.8 cm³/mol. The van der Waals surface area contributed by atoms with Crippen LogP contribution in [0, 0.1) is 5.92 Å². The van der Waals surface area contributed by atoms with Gasteiger partial charge in [0, 0.05) is 25.2 Å². The maximum atomic E-state index is 12.7. The normalized spacial score (nSPS) is 13.4. The smallest absolute Gasteiger partial charge is 0.243 e. The first kappa shape index (κ1) is 17.9. The fraction of sp³-hybridized carbons (Fsp3) is 0.600. The Hall–Kier alpha value is -1.11. The van der Waals surface area contributed by atoms with Crippen molar-refractivity contribution in [3.63, 3.8) is 0 Å². The van der Waals surface area contributed by atoms with Crippen molar-refractivity contribution >= 4 is 10.0 Å². The van der Waals surface area contributed by atoms with E-state index in [9.17, 15) is 8.42 Å². The third-order valence-corrected chi connectivity index (χ3v) is 5.61. The molecule has 120 valence electrons. The van der Waals surface area contributed by atoms with E-state index in [0.717, 1.165) is 6.42 Å². The van der Waals surface area contributed by atoms with E-state index in [1.807, 2.05) is 6.92 Å². The number of nitrogens with two attached hydrogens (primary N) is 1. The summed E-state index contributed by atoms with van der Waals surface area (Å²) in [6.45, 7) is 7.19. The second-order valence-electron chi connectivity index (χ2n) is 5.15. The zero-order valence-electron chi connectivity index (χ0n) is 13.3. The second-order valence-corrected chi connectivity index (χ2v) is 7.08. The molecule has 0 saturated carbocycles. The van der Waals surface area contributed by atoms with Crippen molar-refractivity contribution in [1.29, 1.82) is 0 Å². The van der Waals surface area contributed by atoms with Crippen molar-refractivity contribution in [2.45, 2.75) is 38.6 Å². The molecule has 0 aliphatic rings. The molecule has 1 atom stereocenters. The summed E-state index contributed by atoms with van der Waals surface area (Å²) in [5.41, 5.74) is 6.35. The third-order valence-electron chi connectivity index (χ3n) is 3.67. The molecule has 0 aromatic heterocycles. The Balaban J connectivity index is 3.16. The monoisotopic (exact) mass is 314 g/mol. The van der Waals surface area contributed by atoms with Crippen molar-refractivity contribution in [3.8, 4) is 5.75 Å². The van der Waals surface area contributed by atoms with Crippen LogP contribution in [0.4, 0.5) is 0 Å². The molecular weight excluding hydrogens is 288 g/mol. The van der Waals surface area contributed by atoms with Crippen LogP contribution in [0.5, 0.6) is 5.75 Å². The first-order chi connectivity index (χ1) is 9.90. The highest BCUT2D eigenvalue weighted by Gasteiger charge is 2.25. The van der Waals surface area contributed by atoms with Gasteiger partial charge in [-0.25, -0.2) is 8.42 Å². The summed E-state index contributed by atoms with van der Waals surface area (Å²) in [6.07, 6.45) is 0.947. The lowest BCUT2D eigenvalue weighted by Gasteiger charge is -2.24. The Bertz CT molecular complexity index is 558. The molecule has 0 aliphatic carbocycles. The topological polar surface area (TPSA) is 72.6 Å². The van der Waals surface area contributed by atoms with Crippen molar-refractivity contribution < 1.29 is 13.2 Å². The fourth-order valence-corrected chi connectivity index (χ4v) is 3.72. The molecule has 0 spiro atoms. The molecule has 1 aromatic rings.